The first-order valence-electron chi connectivity index (χ1n) is 15.8. The SMILES string of the molecule is C[C@@H](NC(=O)[C@@H](CC(=O)c1ccc(C(C)(C)C)s1)Cc1ccc(-c2ncc(-c3ccc4c(c3)C(=O)c3ccccc3-4)cn2)cc1)C(=O)O. The van der Waals surface area contributed by atoms with Gasteiger partial charge in [0.25, 0.3) is 0 Å². The van der Waals surface area contributed by atoms with Crippen LogP contribution in [0.1, 0.15) is 70.1 Å². The number of carbonyl (C=O) groups is 4. The standard InChI is InChI=1S/C39H35N3O5S/c1-22(38(46)47)42-37(45)26(19-32(43)33-15-16-34(48-33)39(2,3)4)17-23-9-11-24(12-10-23)36-40-20-27(21-41-36)25-13-14-29-28-7-5-6-8-30(28)35(44)31(29)18-25/h5-16,18,20-22,26H,17,19H2,1-4H3,(H,42,45)(H,46,47)/t22-,26-/m1/s1. The van der Waals surface area contributed by atoms with E-state index >= 15 is 0 Å². The molecule has 1 aliphatic rings. The van der Waals surface area contributed by atoms with Gasteiger partial charge >= 0.3 is 5.97 Å². The lowest BCUT2D eigenvalue weighted by Gasteiger charge is -2.18. The van der Waals surface area contributed by atoms with Crippen LogP contribution in [0.3, 0.4) is 0 Å². The van der Waals surface area contributed by atoms with Crippen LogP contribution in [0.4, 0.5) is 0 Å². The lowest BCUT2D eigenvalue weighted by atomic mass is 9.92. The zero-order valence-corrected chi connectivity index (χ0v) is 27.9. The summed E-state index contributed by atoms with van der Waals surface area (Å²) in [6.07, 6.45) is 3.67. The molecule has 2 atom stereocenters. The molecule has 1 amide bonds. The molecule has 5 aromatic rings. The number of rotatable bonds is 10. The van der Waals surface area contributed by atoms with Crippen LogP contribution >= 0.6 is 11.3 Å². The number of nitrogens with one attached hydrogen (secondary N) is 1. The summed E-state index contributed by atoms with van der Waals surface area (Å²) in [6, 6.07) is 23.6. The van der Waals surface area contributed by atoms with Gasteiger partial charge in [-0.25, -0.2) is 9.97 Å². The van der Waals surface area contributed by atoms with Gasteiger partial charge in [-0.15, -0.1) is 11.3 Å². The van der Waals surface area contributed by atoms with E-state index in [1.54, 1.807) is 18.5 Å². The molecule has 2 aromatic heterocycles. The third kappa shape index (κ3) is 6.73. The van der Waals surface area contributed by atoms with E-state index in [9.17, 15) is 24.3 Å². The topological polar surface area (TPSA) is 126 Å². The van der Waals surface area contributed by atoms with Crippen molar-refractivity contribution in [2.45, 2.75) is 52.0 Å². The minimum atomic E-state index is -1.15. The number of fused-ring (bicyclic) bond motifs is 3. The molecule has 0 unspecified atom stereocenters. The number of thiophene rings is 1. The second-order valence-corrected chi connectivity index (χ2v) is 14.2. The Morgan fingerprint density at radius 2 is 1.46 bits per heavy atom. The Labute approximate surface area is 282 Å². The fraction of sp³-hybridized carbons (Fsp3) is 0.231. The molecule has 0 bridgehead atoms. The normalized spacial score (nSPS) is 13.4. The predicted octanol–water partition coefficient (Wildman–Crippen LogP) is 7.40. The van der Waals surface area contributed by atoms with Crippen LogP contribution in [0.15, 0.2) is 91.3 Å². The number of aromatic nitrogens is 2. The average Bonchev–Trinajstić information content (AvgIpc) is 3.69. The summed E-state index contributed by atoms with van der Waals surface area (Å²) in [5.74, 6) is -2.00. The molecule has 1 aliphatic carbocycles. The molecule has 8 nitrogen and oxygen atoms in total. The largest absolute Gasteiger partial charge is 0.480 e. The number of amides is 1. The number of carboxylic acid groups (broad SMARTS) is 1. The van der Waals surface area contributed by atoms with Crippen LogP contribution in [0, 0.1) is 5.92 Å². The second-order valence-electron chi connectivity index (χ2n) is 13.1. The first-order chi connectivity index (χ1) is 22.9. The Bertz CT molecular complexity index is 2040. The Balaban J connectivity index is 1.17. The van der Waals surface area contributed by atoms with Gasteiger partial charge in [-0.1, -0.05) is 81.4 Å². The molecule has 6 rings (SSSR count). The summed E-state index contributed by atoms with van der Waals surface area (Å²) in [5, 5.41) is 11.9. The van der Waals surface area contributed by atoms with Crippen LogP contribution in [0.2, 0.25) is 0 Å². The Hall–Kier alpha value is -5.28. The fourth-order valence-corrected chi connectivity index (χ4v) is 6.79. The highest BCUT2D eigenvalue weighted by Crippen LogP contribution is 2.38. The number of hydrogen-bond acceptors (Lipinski definition) is 7. The maximum Gasteiger partial charge on any atom is 0.325 e. The fourth-order valence-electron chi connectivity index (χ4n) is 5.77. The molecule has 242 valence electrons. The smallest absolute Gasteiger partial charge is 0.325 e. The first-order valence-corrected chi connectivity index (χ1v) is 16.6. The molecule has 0 radical (unpaired) electrons. The summed E-state index contributed by atoms with van der Waals surface area (Å²) >= 11 is 1.42. The number of carboxylic acids is 1. The van der Waals surface area contributed by atoms with Crippen LogP contribution in [-0.4, -0.2) is 44.6 Å². The van der Waals surface area contributed by atoms with Crippen molar-refractivity contribution in [2.24, 2.45) is 5.92 Å². The van der Waals surface area contributed by atoms with Crippen molar-refractivity contribution in [3.05, 3.63) is 118 Å². The molecule has 0 fully saturated rings. The number of hydrogen-bond donors (Lipinski definition) is 2. The van der Waals surface area contributed by atoms with E-state index in [4.69, 9.17) is 0 Å². The van der Waals surface area contributed by atoms with Gasteiger partial charge in [-0.2, -0.15) is 0 Å². The Morgan fingerprint density at radius 3 is 2.10 bits per heavy atom. The van der Waals surface area contributed by atoms with E-state index < -0.39 is 23.8 Å². The van der Waals surface area contributed by atoms with Crippen LogP contribution in [-0.2, 0) is 21.4 Å². The summed E-state index contributed by atoms with van der Waals surface area (Å²) in [6.45, 7) is 7.64. The number of ketones is 2. The molecule has 0 spiro atoms. The highest BCUT2D eigenvalue weighted by Gasteiger charge is 2.28. The lowest BCUT2D eigenvalue weighted by Crippen LogP contribution is -2.42. The van der Waals surface area contributed by atoms with Gasteiger partial charge in [0.1, 0.15) is 6.04 Å². The molecule has 2 N–H and O–H groups in total. The second kappa shape index (κ2) is 13.1. The Morgan fingerprint density at radius 1 is 0.812 bits per heavy atom. The molecule has 9 heteroatoms. The monoisotopic (exact) mass is 657 g/mol. The van der Waals surface area contributed by atoms with Gasteiger partial charge in [0.05, 0.1) is 4.88 Å². The van der Waals surface area contributed by atoms with E-state index in [0.29, 0.717) is 21.8 Å². The maximum absolute atomic E-state index is 13.3. The van der Waals surface area contributed by atoms with Gasteiger partial charge in [0.15, 0.2) is 17.4 Å². The first kappa shape index (κ1) is 32.7. The summed E-state index contributed by atoms with van der Waals surface area (Å²) < 4.78 is 0. The molecule has 0 aliphatic heterocycles. The van der Waals surface area contributed by atoms with Crippen molar-refractivity contribution in [3.8, 4) is 33.6 Å². The molecule has 0 saturated heterocycles. The number of carbonyl (C=O) groups excluding carboxylic acids is 3. The van der Waals surface area contributed by atoms with Crippen molar-refractivity contribution in [2.75, 3.05) is 0 Å². The molecule has 48 heavy (non-hydrogen) atoms. The molecular weight excluding hydrogens is 623 g/mol. The van der Waals surface area contributed by atoms with Crippen LogP contribution < -0.4 is 5.32 Å². The molecule has 0 saturated carbocycles. The third-order valence-electron chi connectivity index (χ3n) is 8.56. The molecule has 3 aromatic carbocycles. The minimum absolute atomic E-state index is 0.0155. The Kier molecular flexibility index (Phi) is 8.90. The van der Waals surface area contributed by atoms with Crippen molar-refractivity contribution < 1.29 is 24.3 Å². The number of benzene rings is 3. The molecule has 2 heterocycles. The lowest BCUT2D eigenvalue weighted by molar-refractivity contribution is -0.141. The van der Waals surface area contributed by atoms with Crippen molar-refractivity contribution in [1.29, 1.82) is 0 Å². The van der Waals surface area contributed by atoms with Crippen LogP contribution in [0.25, 0.3) is 33.6 Å². The van der Waals surface area contributed by atoms with Gasteiger partial charge in [0, 0.05) is 51.9 Å². The van der Waals surface area contributed by atoms with E-state index in [1.807, 2.05) is 72.8 Å². The van der Waals surface area contributed by atoms with Crippen molar-refractivity contribution in [3.63, 3.8) is 0 Å². The van der Waals surface area contributed by atoms with Gasteiger partial charge in [-0.3, -0.25) is 19.2 Å². The number of aliphatic carboxylic acids is 1. The van der Waals surface area contributed by atoms with Crippen molar-refractivity contribution in [1.82, 2.24) is 15.3 Å². The zero-order chi connectivity index (χ0) is 34.2. The number of Topliss-reactive ketones (excluding diaryl/α,β-unsaturated/α-hetero) is 1. The summed E-state index contributed by atoms with van der Waals surface area (Å²) in [7, 11) is 0. The van der Waals surface area contributed by atoms with Gasteiger partial charge in [0.2, 0.25) is 5.91 Å². The summed E-state index contributed by atoms with van der Waals surface area (Å²) in [5.41, 5.74) is 6.39. The van der Waals surface area contributed by atoms with Gasteiger partial charge < -0.3 is 10.4 Å². The van der Waals surface area contributed by atoms with E-state index in [2.05, 4.69) is 36.1 Å². The minimum Gasteiger partial charge on any atom is -0.480 e. The van der Waals surface area contributed by atoms with Crippen molar-refractivity contribution >= 4 is 34.8 Å². The zero-order valence-electron chi connectivity index (χ0n) is 27.1. The predicted molar refractivity (Wildman–Crippen MR) is 186 cm³/mol. The van der Waals surface area contributed by atoms with Gasteiger partial charge in [-0.05, 0) is 59.2 Å². The highest BCUT2D eigenvalue weighted by atomic mass is 32.1. The van der Waals surface area contributed by atoms with E-state index in [0.717, 1.165) is 38.3 Å². The number of nitrogens with zero attached hydrogens (tertiary/aromatic N) is 2. The summed E-state index contributed by atoms with van der Waals surface area (Å²) in [4.78, 5) is 61.7. The highest BCUT2D eigenvalue weighted by molar-refractivity contribution is 7.14. The van der Waals surface area contributed by atoms with E-state index in [1.165, 1.54) is 18.3 Å². The average molecular weight is 658 g/mol. The van der Waals surface area contributed by atoms with E-state index in [-0.39, 0.29) is 29.8 Å². The quantitative estimate of drug-likeness (QED) is 0.147. The third-order valence-corrected chi connectivity index (χ3v) is 10.1. The maximum atomic E-state index is 13.3. The van der Waals surface area contributed by atoms with Crippen LogP contribution in [0.5, 0.6) is 0 Å². The molecular formula is C39H35N3O5S.